The molecule has 0 aromatic heterocycles. The van der Waals surface area contributed by atoms with Crippen LogP contribution in [0.3, 0.4) is 0 Å². The Morgan fingerprint density at radius 1 is 0.810 bits per heavy atom. The average Bonchev–Trinajstić information content (AvgIpc) is 3.04. The standard InChI is InChI=1S/C33H32ClN3O4S/c1-35(28-19-21-36(22-20-28)33(39)26-13-7-3-8-14-26)32(38)27-17-18-30(34)31(23-27)42(40,41)37(29-15-9-4-10-16-29)24-25-11-5-2-6-12-25/h2-18,23,28H,19-22,24H2,1H3. The van der Waals surface area contributed by atoms with Crippen molar-refractivity contribution in [1.82, 2.24) is 9.80 Å². The molecule has 1 heterocycles. The summed E-state index contributed by atoms with van der Waals surface area (Å²) in [4.78, 5) is 29.8. The molecule has 1 saturated heterocycles. The van der Waals surface area contributed by atoms with E-state index in [9.17, 15) is 18.0 Å². The number of likely N-dealkylation sites (tertiary alicyclic amines) is 1. The molecule has 4 aromatic rings. The zero-order valence-electron chi connectivity index (χ0n) is 23.3. The third-order valence-corrected chi connectivity index (χ3v) is 9.86. The molecule has 42 heavy (non-hydrogen) atoms. The van der Waals surface area contributed by atoms with E-state index in [2.05, 4.69) is 0 Å². The largest absolute Gasteiger partial charge is 0.339 e. The van der Waals surface area contributed by atoms with Crippen LogP contribution in [0.1, 0.15) is 39.1 Å². The number of carbonyl (C=O) groups is 2. The molecule has 216 valence electrons. The third-order valence-electron chi connectivity index (χ3n) is 7.60. The molecule has 1 aliphatic heterocycles. The summed E-state index contributed by atoms with van der Waals surface area (Å²) in [6.45, 7) is 1.16. The molecule has 0 radical (unpaired) electrons. The highest BCUT2D eigenvalue weighted by molar-refractivity contribution is 7.93. The lowest BCUT2D eigenvalue weighted by atomic mass is 10.0. The molecule has 7 nitrogen and oxygen atoms in total. The van der Waals surface area contributed by atoms with Crippen LogP contribution in [-0.2, 0) is 16.6 Å². The van der Waals surface area contributed by atoms with Gasteiger partial charge in [-0.2, -0.15) is 0 Å². The predicted octanol–water partition coefficient (Wildman–Crippen LogP) is 6.11. The lowest BCUT2D eigenvalue weighted by Gasteiger charge is -2.37. The van der Waals surface area contributed by atoms with Crippen LogP contribution in [-0.4, -0.2) is 56.2 Å². The lowest BCUT2D eigenvalue weighted by Crippen LogP contribution is -2.47. The Balaban J connectivity index is 1.35. The molecule has 9 heteroatoms. The maximum Gasteiger partial charge on any atom is 0.266 e. The summed E-state index contributed by atoms with van der Waals surface area (Å²) in [6, 6.07) is 31.6. The van der Waals surface area contributed by atoms with Gasteiger partial charge < -0.3 is 9.80 Å². The van der Waals surface area contributed by atoms with Crippen molar-refractivity contribution >= 4 is 39.1 Å². The van der Waals surface area contributed by atoms with E-state index >= 15 is 0 Å². The molecular weight excluding hydrogens is 570 g/mol. The number of nitrogens with zero attached hydrogens (tertiary/aromatic N) is 3. The molecule has 1 fully saturated rings. The van der Waals surface area contributed by atoms with E-state index in [1.54, 1.807) is 54.4 Å². The van der Waals surface area contributed by atoms with Crippen LogP contribution in [0, 0.1) is 0 Å². The van der Waals surface area contributed by atoms with Crippen LogP contribution in [0.25, 0.3) is 0 Å². The highest BCUT2D eigenvalue weighted by Gasteiger charge is 2.31. The Hall–Kier alpha value is -4.14. The maximum absolute atomic E-state index is 14.1. The number of rotatable bonds is 8. The van der Waals surface area contributed by atoms with Crippen molar-refractivity contribution in [2.45, 2.75) is 30.3 Å². The Kier molecular flexibility index (Phi) is 8.94. The fraction of sp³-hybridized carbons (Fsp3) is 0.212. The Morgan fingerprint density at radius 3 is 2.00 bits per heavy atom. The molecule has 5 rings (SSSR count). The van der Waals surface area contributed by atoms with Gasteiger partial charge >= 0.3 is 0 Å². The first-order valence-corrected chi connectivity index (χ1v) is 15.6. The number of benzene rings is 4. The van der Waals surface area contributed by atoms with Crippen molar-refractivity contribution < 1.29 is 18.0 Å². The summed E-state index contributed by atoms with van der Waals surface area (Å²) in [6.07, 6.45) is 1.25. The average molecular weight is 602 g/mol. The van der Waals surface area contributed by atoms with Crippen LogP contribution in [0.4, 0.5) is 5.69 Å². The first-order valence-electron chi connectivity index (χ1n) is 13.8. The second kappa shape index (κ2) is 12.8. The molecule has 0 unspecified atom stereocenters. The van der Waals surface area contributed by atoms with E-state index in [-0.39, 0.29) is 39.9 Å². The minimum atomic E-state index is -4.15. The van der Waals surface area contributed by atoms with Gasteiger partial charge in [-0.05, 0) is 60.9 Å². The SMILES string of the molecule is CN(C(=O)c1ccc(Cl)c(S(=O)(=O)N(Cc2ccccc2)c2ccccc2)c1)C1CCN(C(=O)c2ccccc2)CC1. The summed E-state index contributed by atoms with van der Waals surface area (Å²) >= 11 is 6.48. The van der Waals surface area contributed by atoms with Crippen molar-refractivity contribution in [2.24, 2.45) is 0 Å². The summed E-state index contributed by atoms with van der Waals surface area (Å²) < 4.78 is 29.5. The Labute approximate surface area is 252 Å². The van der Waals surface area contributed by atoms with E-state index in [1.165, 1.54) is 16.4 Å². The van der Waals surface area contributed by atoms with Crippen molar-refractivity contribution in [3.63, 3.8) is 0 Å². The number of hydrogen-bond donors (Lipinski definition) is 0. The second-order valence-electron chi connectivity index (χ2n) is 10.3. The minimum absolute atomic E-state index is 0.0194. The minimum Gasteiger partial charge on any atom is -0.339 e. The summed E-state index contributed by atoms with van der Waals surface area (Å²) in [5, 5.41) is 0.0379. The number of anilines is 1. The molecule has 0 spiro atoms. The van der Waals surface area contributed by atoms with Crippen LogP contribution in [0.2, 0.25) is 5.02 Å². The van der Waals surface area contributed by atoms with Gasteiger partial charge in [0.05, 0.1) is 17.3 Å². The molecule has 0 atom stereocenters. The first-order chi connectivity index (χ1) is 20.3. The number of amides is 2. The van der Waals surface area contributed by atoms with Gasteiger partial charge in [0.25, 0.3) is 21.8 Å². The predicted molar refractivity (Wildman–Crippen MR) is 165 cm³/mol. The molecule has 1 aliphatic rings. The van der Waals surface area contributed by atoms with E-state index in [0.29, 0.717) is 37.2 Å². The third kappa shape index (κ3) is 6.35. The number of carbonyl (C=O) groups excluding carboxylic acids is 2. The van der Waals surface area contributed by atoms with Gasteiger partial charge in [-0.15, -0.1) is 0 Å². The van der Waals surface area contributed by atoms with Gasteiger partial charge in [0.15, 0.2) is 0 Å². The highest BCUT2D eigenvalue weighted by atomic mass is 35.5. The fourth-order valence-corrected chi connectivity index (χ4v) is 7.16. The van der Waals surface area contributed by atoms with E-state index in [0.717, 1.165) is 5.56 Å². The number of piperidine rings is 1. The van der Waals surface area contributed by atoms with E-state index < -0.39 is 10.0 Å². The van der Waals surface area contributed by atoms with Gasteiger partial charge in [-0.25, -0.2) is 8.42 Å². The molecule has 0 aliphatic carbocycles. The summed E-state index contributed by atoms with van der Waals surface area (Å²) in [5.74, 6) is -0.320. The van der Waals surface area contributed by atoms with Gasteiger partial charge in [0, 0.05) is 37.3 Å². The van der Waals surface area contributed by atoms with Crippen molar-refractivity contribution in [3.05, 3.63) is 131 Å². The summed E-state index contributed by atoms with van der Waals surface area (Å²) in [7, 11) is -2.43. The molecular formula is C33H32ClN3O4S. The van der Waals surface area contributed by atoms with Gasteiger partial charge in [-0.1, -0.05) is 78.3 Å². The number of hydrogen-bond acceptors (Lipinski definition) is 4. The molecule has 0 bridgehead atoms. The maximum atomic E-state index is 14.1. The molecule has 2 amide bonds. The number of para-hydroxylation sites is 1. The molecule has 4 aromatic carbocycles. The van der Waals surface area contributed by atoms with Gasteiger partial charge in [0.2, 0.25) is 0 Å². The highest BCUT2D eigenvalue weighted by Crippen LogP contribution is 2.31. The quantitative estimate of drug-likeness (QED) is 0.244. The Morgan fingerprint density at radius 2 is 1.38 bits per heavy atom. The van der Waals surface area contributed by atoms with E-state index in [4.69, 9.17) is 11.6 Å². The van der Waals surface area contributed by atoms with Gasteiger partial charge in [-0.3, -0.25) is 13.9 Å². The smallest absolute Gasteiger partial charge is 0.266 e. The lowest BCUT2D eigenvalue weighted by molar-refractivity contribution is 0.0569. The van der Waals surface area contributed by atoms with Crippen LogP contribution < -0.4 is 4.31 Å². The van der Waals surface area contributed by atoms with Gasteiger partial charge in [0.1, 0.15) is 4.90 Å². The van der Waals surface area contributed by atoms with Crippen molar-refractivity contribution in [2.75, 3.05) is 24.4 Å². The van der Waals surface area contributed by atoms with Crippen molar-refractivity contribution in [3.8, 4) is 0 Å². The summed E-state index contributed by atoms with van der Waals surface area (Å²) in [5.41, 5.74) is 2.18. The van der Waals surface area contributed by atoms with E-state index in [1.807, 2.05) is 59.5 Å². The number of sulfonamides is 1. The normalized spacial score (nSPS) is 13.9. The molecule has 0 N–H and O–H groups in total. The van der Waals surface area contributed by atoms with Crippen LogP contribution in [0.15, 0.2) is 114 Å². The topological polar surface area (TPSA) is 78.0 Å². The monoisotopic (exact) mass is 601 g/mol. The van der Waals surface area contributed by atoms with Crippen molar-refractivity contribution in [1.29, 1.82) is 0 Å². The van der Waals surface area contributed by atoms with Crippen LogP contribution in [0.5, 0.6) is 0 Å². The first kappa shape index (κ1) is 29.4. The number of halogens is 1. The fourth-order valence-electron chi connectivity index (χ4n) is 5.20. The zero-order valence-corrected chi connectivity index (χ0v) is 24.8. The van der Waals surface area contributed by atoms with Crippen LogP contribution >= 0.6 is 11.6 Å². The Bertz CT molecular complexity index is 1640. The second-order valence-corrected chi connectivity index (χ2v) is 12.5. The molecule has 0 saturated carbocycles. The zero-order chi connectivity index (χ0) is 29.7.